The largest absolute Gasteiger partial charge is 0.566 e. The van der Waals surface area contributed by atoms with Crippen molar-refractivity contribution in [3.05, 3.63) is 5.21 Å². The molecule has 0 aromatic carbocycles. The van der Waals surface area contributed by atoms with E-state index in [0.29, 0.717) is 13.0 Å². The van der Waals surface area contributed by atoms with Gasteiger partial charge in [-0.05, 0) is 13.0 Å². The zero-order chi connectivity index (χ0) is 6.41. The predicted molar refractivity (Wildman–Crippen MR) is 25.7 cm³/mol. The van der Waals surface area contributed by atoms with E-state index in [1.54, 1.807) is 0 Å². The molecular weight excluding hydrogens is 112 g/mol. The lowest BCUT2D eigenvalue weighted by atomic mass is 10.5. The first kappa shape index (κ1) is 7.80. The van der Waals surface area contributed by atoms with E-state index in [9.17, 15) is 5.21 Å². The van der Waals surface area contributed by atoms with Crippen molar-refractivity contribution in [1.82, 2.24) is 0 Å². The van der Waals surface area contributed by atoms with E-state index in [1.165, 1.54) is 0 Å². The lowest BCUT2D eigenvalue weighted by Gasteiger charge is -2.08. The first-order chi connectivity index (χ1) is 3.77. The molecule has 5 heteroatoms. The van der Waals surface area contributed by atoms with Gasteiger partial charge >= 0.3 is 0 Å². The van der Waals surface area contributed by atoms with Gasteiger partial charge in [0.1, 0.15) is 6.61 Å². The summed E-state index contributed by atoms with van der Waals surface area (Å²) in [5.41, 5.74) is 5.04. The van der Waals surface area contributed by atoms with E-state index < -0.39 is 5.39 Å². The van der Waals surface area contributed by atoms with E-state index in [2.05, 4.69) is 4.84 Å². The summed E-state index contributed by atoms with van der Waals surface area (Å²) >= 11 is 0. The Morgan fingerprint density at radius 2 is 2.38 bits per heavy atom. The van der Waals surface area contributed by atoms with Crippen molar-refractivity contribution >= 4 is 0 Å². The summed E-state index contributed by atoms with van der Waals surface area (Å²) in [6.45, 7) is 0.666. The van der Waals surface area contributed by atoms with Gasteiger partial charge in [0.2, 0.25) is 0 Å². The van der Waals surface area contributed by atoms with Crippen LogP contribution in [0, 0.1) is 5.21 Å². The van der Waals surface area contributed by atoms with Gasteiger partial charge < -0.3 is 10.9 Å². The van der Waals surface area contributed by atoms with Gasteiger partial charge in [0, 0.05) is 0 Å². The molecule has 0 aliphatic rings. The number of hydrogen-bond donors (Lipinski definition) is 3. The van der Waals surface area contributed by atoms with Crippen molar-refractivity contribution in [3.63, 3.8) is 0 Å². The maximum atomic E-state index is 9.61. The number of hydrogen-bond acceptors (Lipinski definition) is 4. The topological polar surface area (TPSA) is 83.0 Å². The van der Waals surface area contributed by atoms with Gasteiger partial charge in [0.15, 0.2) is 0 Å². The van der Waals surface area contributed by atoms with Crippen LogP contribution in [-0.4, -0.2) is 18.4 Å². The van der Waals surface area contributed by atoms with Gasteiger partial charge in [0.05, 0.1) is 0 Å². The standard InChI is InChI=1S/C3H10N2O3/c4-2-1-3-8-5(6)7/h5-6H,1-4H2. The van der Waals surface area contributed by atoms with Crippen LogP contribution in [0.4, 0.5) is 0 Å². The highest BCUT2D eigenvalue weighted by atomic mass is 17.1. The third-order valence-electron chi connectivity index (χ3n) is 0.574. The Morgan fingerprint density at radius 3 is 2.75 bits per heavy atom. The summed E-state index contributed by atoms with van der Waals surface area (Å²) in [7, 11) is 0. The molecule has 0 saturated carbocycles. The Bertz CT molecular complexity index is 49.8. The molecule has 0 fully saturated rings. The molecule has 8 heavy (non-hydrogen) atoms. The number of nitrogens with two attached hydrogens (primary N) is 1. The van der Waals surface area contributed by atoms with Crippen LogP contribution in [0.25, 0.3) is 0 Å². The van der Waals surface area contributed by atoms with Gasteiger partial charge in [-0.1, -0.05) is 5.39 Å². The smallest absolute Gasteiger partial charge is 0.112 e. The molecule has 0 saturated heterocycles. The average Bonchev–Trinajstić information content (AvgIpc) is 1.66. The Morgan fingerprint density at radius 1 is 1.75 bits per heavy atom. The summed E-state index contributed by atoms with van der Waals surface area (Å²) < 4.78 is 0. The number of quaternary nitrogens is 1. The second kappa shape index (κ2) is 4.95. The second-order valence-electron chi connectivity index (χ2n) is 1.26. The first-order valence-electron chi connectivity index (χ1n) is 2.33. The summed E-state index contributed by atoms with van der Waals surface area (Å²) in [5, 5.41) is 16.3. The lowest BCUT2D eigenvalue weighted by molar-refractivity contribution is -1.21. The SMILES string of the molecule is NCCCO[NH+]([O-])O. The number of rotatable bonds is 4. The first-order valence-corrected chi connectivity index (χ1v) is 2.33. The zero-order valence-electron chi connectivity index (χ0n) is 4.46. The van der Waals surface area contributed by atoms with Crippen LogP contribution in [0.1, 0.15) is 6.42 Å². The minimum atomic E-state index is -1.24. The van der Waals surface area contributed by atoms with Crippen LogP contribution in [0.5, 0.6) is 0 Å². The lowest BCUT2D eigenvalue weighted by Crippen LogP contribution is -3.03. The fourth-order valence-electron chi connectivity index (χ4n) is 0.243. The molecule has 0 bridgehead atoms. The van der Waals surface area contributed by atoms with E-state index >= 15 is 0 Å². The maximum absolute atomic E-state index is 9.61. The Balaban J connectivity index is 2.72. The quantitative estimate of drug-likeness (QED) is 0.298. The highest BCUT2D eigenvalue weighted by Crippen LogP contribution is 1.68. The minimum Gasteiger partial charge on any atom is -0.566 e. The molecule has 5 nitrogen and oxygen atoms in total. The fraction of sp³-hybridized carbons (Fsp3) is 1.00. The van der Waals surface area contributed by atoms with Crippen molar-refractivity contribution in [1.29, 1.82) is 0 Å². The van der Waals surface area contributed by atoms with E-state index in [4.69, 9.17) is 10.9 Å². The molecule has 0 radical (unpaired) electrons. The second-order valence-corrected chi connectivity index (χ2v) is 1.26. The summed E-state index contributed by atoms with van der Waals surface area (Å²) in [5.74, 6) is 0. The zero-order valence-corrected chi connectivity index (χ0v) is 4.46. The monoisotopic (exact) mass is 122 g/mol. The Kier molecular flexibility index (Phi) is 4.82. The van der Waals surface area contributed by atoms with E-state index in [0.717, 1.165) is 0 Å². The highest BCUT2D eigenvalue weighted by Gasteiger charge is 1.88. The molecule has 0 aromatic heterocycles. The molecule has 0 aliphatic heterocycles. The third-order valence-corrected chi connectivity index (χ3v) is 0.574. The van der Waals surface area contributed by atoms with Crippen LogP contribution in [0.2, 0.25) is 0 Å². The van der Waals surface area contributed by atoms with Crippen molar-refractivity contribution in [2.45, 2.75) is 6.42 Å². The summed E-state index contributed by atoms with van der Waals surface area (Å²) in [6, 6.07) is 0. The molecule has 0 aliphatic carbocycles. The normalized spacial score (nSPS) is 13.9. The van der Waals surface area contributed by atoms with Gasteiger partial charge in [-0.2, -0.15) is 10.0 Å². The van der Waals surface area contributed by atoms with Gasteiger partial charge in [-0.25, -0.2) is 0 Å². The summed E-state index contributed by atoms with van der Waals surface area (Å²) in [6.07, 6.45) is 0.590. The molecule has 0 heterocycles. The maximum Gasteiger partial charge on any atom is 0.112 e. The molecule has 50 valence electrons. The molecule has 4 N–H and O–H groups in total. The van der Waals surface area contributed by atoms with Crippen LogP contribution < -0.4 is 11.1 Å². The summed E-state index contributed by atoms with van der Waals surface area (Å²) in [4.78, 5) is 4.12. The van der Waals surface area contributed by atoms with Crippen LogP contribution in [0.15, 0.2) is 0 Å². The van der Waals surface area contributed by atoms with E-state index in [-0.39, 0.29) is 6.61 Å². The average molecular weight is 122 g/mol. The predicted octanol–water partition coefficient (Wildman–Crippen LogP) is -1.96. The van der Waals surface area contributed by atoms with Crippen LogP contribution in [-0.2, 0) is 4.84 Å². The fourth-order valence-corrected chi connectivity index (χ4v) is 0.243. The minimum absolute atomic E-state index is 0.200. The Labute approximate surface area is 47.1 Å². The molecule has 0 aromatic rings. The van der Waals surface area contributed by atoms with Gasteiger partial charge in [0.25, 0.3) is 0 Å². The molecule has 0 rings (SSSR count). The van der Waals surface area contributed by atoms with Crippen molar-refractivity contribution < 1.29 is 15.4 Å². The van der Waals surface area contributed by atoms with Gasteiger partial charge in [-0.15, -0.1) is 0 Å². The highest BCUT2D eigenvalue weighted by molar-refractivity contribution is 4.30. The van der Waals surface area contributed by atoms with Gasteiger partial charge in [-0.3, -0.25) is 0 Å². The molecule has 0 spiro atoms. The van der Waals surface area contributed by atoms with Crippen LogP contribution >= 0.6 is 0 Å². The van der Waals surface area contributed by atoms with Crippen LogP contribution in [0.3, 0.4) is 0 Å². The molecule has 1 atom stereocenters. The number of nitrogens with one attached hydrogen (secondary N) is 1. The van der Waals surface area contributed by atoms with E-state index in [1.807, 2.05) is 0 Å². The van der Waals surface area contributed by atoms with Crippen molar-refractivity contribution in [2.24, 2.45) is 5.73 Å². The van der Waals surface area contributed by atoms with Crippen molar-refractivity contribution in [2.75, 3.05) is 13.2 Å². The molecular formula is C3H10N2O3. The molecule has 1 unspecified atom stereocenters. The van der Waals surface area contributed by atoms with Crippen molar-refractivity contribution in [3.8, 4) is 0 Å². The molecule has 0 amide bonds. The third kappa shape index (κ3) is 5.80. The Hall–Kier alpha value is -0.200.